The molecule has 0 bridgehead atoms. The fraction of sp³-hybridized carbons (Fsp3) is 0.833. The van der Waals surface area contributed by atoms with Gasteiger partial charge in [0.25, 0.3) is 0 Å². The van der Waals surface area contributed by atoms with E-state index in [0.717, 1.165) is 6.54 Å². The zero-order chi connectivity index (χ0) is 7.11. The summed E-state index contributed by atoms with van der Waals surface area (Å²) in [7, 11) is 3.91. The molecule has 3 nitrogen and oxygen atoms in total. The van der Waals surface area contributed by atoms with Crippen LogP contribution in [0.25, 0.3) is 0 Å². The van der Waals surface area contributed by atoms with Gasteiger partial charge in [-0.15, -0.1) is 12.4 Å². The Bertz CT molecular complexity index is 116. The number of hydrogen-bond acceptors (Lipinski definition) is 3. The summed E-state index contributed by atoms with van der Waals surface area (Å²) in [5.74, 6) is 0. The molecular weight excluding hydrogens is 150 g/mol. The Morgan fingerprint density at radius 1 is 1.30 bits per heavy atom. The first-order valence-corrected chi connectivity index (χ1v) is 3.00. The second-order valence-electron chi connectivity index (χ2n) is 1.95. The first kappa shape index (κ1) is 12.3. The zero-order valence-electron chi connectivity index (χ0n) is 6.66. The maximum Gasteiger partial charge on any atom is 0.102 e. The van der Waals surface area contributed by atoms with Crippen molar-refractivity contribution in [3.05, 3.63) is 0 Å². The number of halogens is 1. The molecule has 0 aliphatic rings. The molecule has 0 unspecified atom stereocenters. The van der Waals surface area contributed by atoms with Crippen molar-refractivity contribution in [2.24, 2.45) is 9.98 Å². The highest BCUT2D eigenvalue weighted by Gasteiger charge is 1.78. The van der Waals surface area contributed by atoms with E-state index in [1.54, 1.807) is 0 Å². The Morgan fingerprint density at radius 2 is 1.90 bits per heavy atom. The smallest absolute Gasteiger partial charge is 0.102 e. The van der Waals surface area contributed by atoms with Crippen LogP contribution >= 0.6 is 12.4 Å². The first-order chi connectivity index (χ1) is 4.27. The number of hydrogen-bond donors (Lipinski definition) is 0. The maximum atomic E-state index is 3.87. The normalized spacial score (nSPS) is 8.00. The van der Waals surface area contributed by atoms with Gasteiger partial charge in [0.2, 0.25) is 0 Å². The fourth-order valence-corrected chi connectivity index (χ4v) is 0.294. The van der Waals surface area contributed by atoms with Gasteiger partial charge < -0.3 is 0 Å². The summed E-state index contributed by atoms with van der Waals surface area (Å²) in [5, 5.41) is 0. The van der Waals surface area contributed by atoms with Gasteiger partial charge in [0.15, 0.2) is 0 Å². The second-order valence-corrected chi connectivity index (χ2v) is 1.95. The molecule has 0 rings (SSSR count). The van der Waals surface area contributed by atoms with E-state index in [0.29, 0.717) is 6.67 Å². The van der Waals surface area contributed by atoms with Crippen molar-refractivity contribution in [1.82, 2.24) is 4.90 Å². The van der Waals surface area contributed by atoms with E-state index in [2.05, 4.69) is 16.0 Å². The van der Waals surface area contributed by atoms with Gasteiger partial charge in [0.1, 0.15) is 6.67 Å². The van der Waals surface area contributed by atoms with Crippen molar-refractivity contribution in [3.63, 3.8) is 0 Å². The minimum absolute atomic E-state index is 0. The summed E-state index contributed by atoms with van der Waals surface area (Å²) in [6, 6.07) is 2.57. The van der Waals surface area contributed by atoms with Crippen LogP contribution in [0.3, 0.4) is 0 Å². The van der Waals surface area contributed by atoms with Gasteiger partial charge in [-0.05, 0) is 21.0 Å². The molecular formula is C6H14ClN3. The number of rotatable bonds is 3. The van der Waals surface area contributed by atoms with E-state index in [1.807, 2.05) is 25.9 Å². The predicted octanol–water partition coefficient (Wildman–Crippen LogP) is 1.12. The van der Waals surface area contributed by atoms with E-state index in [9.17, 15) is 0 Å². The third kappa shape index (κ3) is 10.6. The summed E-state index contributed by atoms with van der Waals surface area (Å²) in [5.41, 5.74) is 0. The zero-order valence-corrected chi connectivity index (χ0v) is 7.48. The largest absolute Gasteiger partial charge is 0.290 e. The van der Waals surface area contributed by atoms with Crippen molar-refractivity contribution >= 4 is 18.4 Å². The third-order valence-corrected chi connectivity index (χ3v) is 0.653. The summed E-state index contributed by atoms with van der Waals surface area (Å²) in [4.78, 5) is 9.63. The van der Waals surface area contributed by atoms with Crippen LogP contribution in [0.15, 0.2) is 9.98 Å². The highest BCUT2D eigenvalue weighted by Crippen LogP contribution is 1.71. The summed E-state index contributed by atoms with van der Waals surface area (Å²) < 4.78 is 0. The van der Waals surface area contributed by atoms with Crippen LogP contribution < -0.4 is 0 Å². The van der Waals surface area contributed by atoms with Gasteiger partial charge >= 0.3 is 0 Å². The Labute approximate surface area is 68.3 Å². The molecule has 0 heterocycles. The van der Waals surface area contributed by atoms with Crippen LogP contribution in [0.2, 0.25) is 0 Å². The van der Waals surface area contributed by atoms with Crippen molar-refractivity contribution < 1.29 is 0 Å². The van der Waals surface area contributed by atoms with Gasteiger partial charge in [-0.1, -0.05) is 0 Å². The molecule has 0 aromatic rings. The molecule has 60 valence electrons. The van der Waals surface area contributed by atoms with Gasteiger partial charge in [0.05, 0.1) is 6.01 Å². The van der Waals surface area contributed by atoms with Crippen LogP contribution in [0, 0.1) is 0 Å². The highest BCUT2D eigenvalue weighted by atomic mass is 35.5. The van der Waals surface area contributed by atoms with Gasteiger partial charge in [-0.3, -0.25) is 4.90 Å². The van der Waals surface area contributed by atoms with Crippen molar-refractivity contribution in [2.45, 2.75) is 6.92 Å². The number of aliphatic imine (C=N–C) groups is 2. The van der Waals surface area contributed by atoms with E-state index >= 15 is 0 Å². The molecule has 0 atom stereocenters. The molecule has 4 heteroatoms. The average molecular weight is 164 g/mol. The molecule has 10 heavy (non-hydrogen) atoms. The standard InChI is InChI=1S/C6H13N3.ClH/c1-4-7-5-8-6-9(2)3;/h4,6H2,1-3H3;1H. The summed E-state index contributed by atoms with van der Waals surface area (Å²) in [6.07, 6.45) is 0. The van der Waals surface area contributed by atoms with Crippen LogP contribution in [0.4, 0.5) is 0 Å². The molecule has 0 aliphatic carbocycles. The maximum absolute atomic E-state index is 3.87. The fourth-order valence-electron chi connectivity index (χ4n) is 0.294. The van der Waals surface area contributed by atoms with Crippen molar-refractivity contribution in [3.8, 4) is 0 Å². The number of nitrogens with zero attached hydrogens (tertiary/aromatic N) is 3. The second kappa shape index (κ2) is 8.63. The Balaban J connectivity index is 0. The van der Waals surface area contributed by atoms with Crippen LogP contribution in [0.1, 0.15) is 6.92 Å². The lowest BCUT2D eigenvalue weighted by Gasteiger charge is -2.00. The lowest BCUT2D eigenvalue weighted by Crippen LogP contribution is -2.10. The SMILES string of the molecule is CCN=C=NCN(C)C.Cl. The van der Waals surface area contributed by atoms with E-state index < -0.39 is 0 Å². The van der Waals surface area contributed by atoms with E-state index in [1.165, 1.54) is 0 Å². The molecule has 0 spiro atoms. The molecule has 0 amide bonds. The molecule has 0 saturated heterocycles. The quantitative estimate of drug-likeness (QED) is 0.574. The molecule has 0 aromatic heterocycles. The average Bonchev–Trinajstić information content (AvgIpc) is 1.80. The lowest BCUT2D eigenvalue weighted by molar-refractivity contribution is 0.425. The van der Waals surface area contributed by atoms with Crippen LogP contribution in [-0.2, 0) is 0 Å². The molecule has 0 fully saturated rings. The van der Waals surface area contributed by atoms with Crippen LogP contribution in [-0.4, -0.2) is 38.2 Å². The van der Waals surface area contributed by atoms with Crippen molar-refractivity contribution in [2.75, 3.05) is 27.3 Å². The summed E-state index contributed by atoms with van der Waals surface area (Å²) >= 11 is 0. The predicted molar refractivity (Wildman–Crippen MR) is 46.2 cm³/mol. The molecule has 0 N–H and O–H groups in total. The molecule has 0 saturated carbocycles. The van der Waals surface area contributed by atoms with Gasteiger partial charge in [0, 0.05) is 6.54 Å². The minimum Gasteiger partial charge on any atom is -0.290 e. The molecule has 0 aromatic carbocycles. The van der Waals surface area contributed by atoms with Crippen molar-refractivity contribution in [1.29, 1.82) is 0 Å². The van der Waals surface area contributed by atoms with E-state index in [4.69, 9.17) is 0 Å². The van der Waals surface area contributed by atoms with E-state index in [-0.39, 0.29) is 12.4 Å². The Hall–Kier alpha value is -0.370. The minimum atomic E-state index is 0. The Morgan fingerprint density at radius 3 is 2.30 bits per heavy atom. The summed E-state index contributed by atoms with van der Waals surface area (Å²) in [6.45, 7) is 3.39. The molecule has 0 radical (unpaired) electrons. The monoisotopic (exact) mass is 163 g/mol. The third-order valence-electron chi connectivity index (χ3n) is 0.653. The lowest BCUT2D eigenvalue weighted by atomic mass is 10.8. The topological polar surface area (TPSA) is 28.0 Å². The highest BCUT2D eigenvalue weighted by molar-refractivity contribution is 5.85. The first-order valence-electron chi connectivity index (χ1n) is 3.00. The Kier molecular flexibility index (Phi) is 10.6. The van der Waals surface area contributed by atoms with Gasteiger partial charge in [-0.25, -0.2) is 9.98 Å². The van der Waals surface area contributed by atoms with Gasteiger partial charge in [-0.2, -0.15) is 0 Å². The molecule has 0 aliphatic heterocycles. The van der Waals surface area contributed by atoms with Crippen LogP contribution in [0.5, 0.6) is 0 Å².